The standard InChI is InChI=1S/C28H27N7O/c1-27(2)24-12-18-11-22-23(34-25(33-22)17-6-8-31-32-14-17)13-19(18)28(27,3)7-9-35(24)26(36)16-4-5-20-21(10-16)30-15-29-20/h4-6,8,10,13-15,24H,7,9,11-12H2,1-3H3,(H,29,30)/t24-,28+/m1/s1. The molecule has 0 saturated carbocycles. The number of piperidine rings is 1. The second kappa shape index (κ2) is 7.29. The third-order valence-electron chi connectivity index (χ3n) is 9.09. The lowest BCUT2D eigenvalue weighted by Crippen LogP contribution is -2.62. The lowest BCUT2D eigenvalue weighted by atomic mass is 9.50. The van der Waals surface area contributed by atoms with Crippen LogP contribution in [0.25, 0.3) is 11.0 Å². The maximum atomic E-state index is 13.8. The Morgan fingerprint density at radius 1 is 1.14 bits per heavy atom. The fourth-order valence-electron chi connectivity index (χ4n) is 6.59. The number of aromatic nitrogens is 4. The molecule has 2 aliphatic heterocycles. The minimum atomic E-state index is -0.0935. The van der Waals surface area contributed by atoms with Crippen LogP contribution in [0.3, 0.4) is 0 Å². The van der Waals surface area contributed by atoms with Gasteiger partial charge in [-0.3, -0.25) is 4.79 Å². The monoisotopic (exact) mass is 477 g/mol. The Balaban J connectivity index is 1.24. The number of hydrogen-bond acceptors (Lipinski definition) is 6. The Morgan fingerprint density at radius 3 is 2.86 bits per heavy atom. The van der Waals surface area contributed by atoms with Gasteiger partial charge in [0.1, 0.15) is 0 Å². The number of nitrogens with one attached hydrogen (secondary N) is 1. The average molecular weight is 478 g/mol. The number of rotatable bonds is 2. The van der Waals surface area contributed by atoms with Gasteiger partial charge in [0.15, 0.2) is 5.84 Å². The highest BCUT2D eigenvalue weighted by Crippen LogP contribution is 2.61. The molecule has 0 unspecified atom stereocenters. The number of carbonyl (C=O) groups is 1. The van der Waals surface area contributed by atoms with E-state index in [0.29, 0.717) is 11.4 Å². The van der Waals surface area contributed by atoms with Crippen molar-refractivity contribution in [3.05, 3.63) is 77.0 Å². The molecule has 8 heteroatoms. The molecule has 1 saturated heterocycles. The maximum Gasteiger partial charge on any atom is 0.254 e. The second-order valence-electron chi connectivity index (χ2n) is 11.0. The van der Waals surface area contributed by atoms with Crippen LogP contribution in [0.4, 0.5) is 0 Å². The summed E-state index contributed by atoms with van der Waals surface area (Å²) in [5, 5.41) is 7.85. The molecule has 4 aliphatic rings. The first-order valence-corrected chi connectivity index (χ1v) is 12.5. The van der Waals surface area contributed by atoms with Crippen molar-refractivity contribution in [1.82, 2.24) is 25.1 Å². The SMILES string of the molecule is CC1(C)[C@H]2CC3=C(C=C4N=C(c5ccnnc5)N=C4C3)[C@]1(C)CCN2C(=O)c1ccc2nc[nH]c2c1. The number of fused-ring (bicyclic) bond motifs is 5. The molecule has 1 aromatic carbocycles. The summed E-state index contributed by atoms with van der Waals surface area (Å²) in [6, 6.07) is 7.75. The van der Waals surface area contributed by atoms with Gasteiger partial charge < -0.3 is 9.88 Å². The number of likely N-dealkylation sites (tertiary alicyclic amines) is 1. The van der Waals surface area contributed by atoms with Gasteiger partial charge in [-0.2, -0.15) is 10.2 Å². The van der Waals surface area contributed by atoms with E-state index in [1.165, 1.54) is 11.1 Å². The number of hydrogen-bond donors (Lipinski definition) is 1. The number of H-pyrrole nitrogens is 1. The molecule has 1 fully saturated rings. The van der Waals surface area contributed by atoms with Crippen molar-refractivity contribution in [2.75, 3.05) is 6.54 Å². The zero-order valence-corrected chi connectivity index (χ0v) is 20.6. The normalized spacial score (nSPS) is 26.2. The lowest BCUT2D eigenvalue weighted by molar-refractivity contribution is -0.0461. The molecule has 1 amide bonds. The van der Waals surface area contributed by atoms with Crippen LogP contribution in [0.15, 0.2) is 75.9 Å². The molecule has 2 aliphatic carbocycles. The number of amides is 1. The minimum absolute atomic E-state index is 0.0512. The van der Waals surface area contributed by atoms with Gasteiger partial charge in [0.05, 0.1) is 41.2 Å². The zero-order valence-electron chi connectivity index (χ0n) is 20.6. The quantitative estimate of drug-likeness (QED) is 0.588. The molecule has 7 rings (SSSR count). The zero-order chi connectivity index (χ0) is 24.7. The number of aromatic amines is 1. The first-order chi connectivity index (χ1) is 17.3. The van der Waals surface area contributed by atoms with Gasteiger partial charge in [-0.25, -0.2) is 15.0 Å². The third kappa shape index (κ3) is 2.87. The summed E-state index contributed by atoms with van der Waals surface area (Å²) in [4.78, 5) is 33.1. The summed E-state index contributed by atoms with van der Waals surface area (Å²) in [6.45, 7) is 7.77. The van der Waals surface area contributed by atoms with Gasteiger partial charge in [0.2, 0.25) is 0 Å². The van der Waals surface area contributed by atoms with Gasteiger partial charge in [-0.1, -0.05) is 26.3 Å². The van der Waals surface area contributed by atoms with Crippen molar-refractivity contribution < 1.29 is 4.79 Å². The summed E-state index contributed by atoms with van der Waals surface area (Å²) in [5.41, 5.74) is 7.94. The molecule has 1 N–H and O–H groups in total. The Kier molecular flexibility index (Phi) is 4.32. The fourth-order valence-corrected chi connectivity index (χ4v) is 6.59. The molecule has 0 spiro atoms. The van der Waals surface area contributed by atoms with Crippen LogP contribution in [0, 0.1) is 10.8 Å². The summed E-state index contributed by atoms with van der Waals surface area (Å²) in [5.74, 6) is 0.793. The van der Waals surface area contributed by atoms with Crippen LogP contribution < -0.4 is 0 Å². The molecule has 0 radical (unpaired) electrons. The molecule has 8 nitrogen and oxygen atoms in total. The largest absolute Gasteiger partial charge is 0.345 e. The molecule has 3 aromatic rings. The van der Waals surface area contributed by atoms with Gasteiger partial charge in [0.25, 0.3) is 5.91 Å². The molecular formula is C28H27N7O. The van der Waals surface area contributed by atoms with E-state index in [4.69, 9.17) is 9.98 Å². The number of allylic oxidation sites excluding steroid dienone is 3. The number of benzene rings is 1. The van der Waals surface area contributed by atoms with Crippen LogP contribution in [0.5, 0.6) is 0 Å². The van der Waals surface area contributed by atoms with E-state index >= 15 is 0 Å². The highest BCUT2D eigenvalue weighted by Gasteiger charge is 2.58. The maximum absolute atomic E-state index is 13.8. The van der Waals surface area contributed by atoms with Crippen molar-refractivity contribution >= 4 is 28.5 Å². The summed E-state index contributed by atoms with van der Waals surface area (Å²) in [6.07, 6.45) is 9.84. The van der Waals surface area contributed by atoms with Crippen molar-refractivity contribution in [3.63, 3.8) is 0 Å². The molecule has 36 heavy (non-hydrogen) atoms. The molecule has 4 heterocycles. The predicted molar refractivity (Wildman–Crippen MR) is 138 cm³/mol. The van der Waals surface area contributed by atoms with E-state index in [1.807, 2.05) is 24.3 Å². The third-order valence-corrected chi connectivity index (χ3v) is 9.09. The topological polar surface area (TPSA) is 99.5 Å². The van der Waals surface area contributed by atoms with Crippen molar-refractivity contribution in [1.29, 1.82) is 0 Å². The van der Waals surface area contributed by atoms with E-state index in [1.54, 1.807) is 18.7 Å². The number of imidazole rings is 1. The highest BCUT2D eigenvalue weighted by atomic mass is 16.2. The van der Waals surface area contributed by atoms with Crippen LogP contribution in [0.1, 0.15) is 56.0 Å². The second-order valence-corrected chi connectivity index (χ2v) is 11.0. The van der Waals surface area contributed by atoms with Gasteiger partial charge in [0, 0.05) is 35.5 Å². The molecule has 2 aromatic heterocycles. The van der Waals surface area contributed by atoms with Gasteiger partial charge >= 0.3 is 0 Å². The lowest BCUT2D eigenvalue weighted by Gasteiger charge is -2.61. The Labute approximate surface area is 209 Å². The van der Waals surface area contributed by atoms with Crippen molar-refractivity contribution in [2.45, 2.75) is 46.1 Å². The highest BCUT2D eigenvalue weighted by molar-refractivity contribution is 6.19. The van der Waals surface area contributed by atoms with E-state index in [9.17, 15) is 4.79 Å². The summed E-state index contributed by atoms with van der Waals surface area (Å²) >= 11 is 0. The van der Waals surface area contributed by atoms with E-state index in [-0.39, 0.29) is 22.8 Å². The molecule has 2 atom stereocenters. The minimum Gasteiger partial charge on any atom is -0.345 e. The molecule has 180 valence electrons. The van der Waals surface area contributed by atoms with Crippen LogP contribution in [-0.2, 0) is 0 Å². The Bertz CT molecular complexity index is 1560. The molecular weight excluding hydrogens is 450 g/mol. The summed E-state index contributed by atoms with van der Waals surface area (Å²) < 4.78 is 0. The number of carbonyl (C=O) groups excluding carboxylic acids is 1. The number of aliphatic imine (C=N–C) groups is 2. The van der Waals surface area contributed by atoms with Gasteiger partial charge in [-0.15, -0.1) is 0 Å². The smallest absolute Gasteiger partial charge is 0.254 e. The van der Waals surface area contributed by atoms with Crippen molar-refractivity contribution in [2.24, 2.45) is 20.8 Å². The van der Waals surface area contributed by atoms with Gasteiger partial charge in [-0.05, 0) is 54.2 Å². The molecule has 2 bridgehead atoms. The van der Waals surface area contributed by atoms with Crippen LogP contribution >= 0.6 is 0 Å². The van der Waals surface area contributed by atoms with Crippen LogP contribution in [-0.4, -0.2) is 55.1 Å². The Hall–Kier alpha value is -3.94. The summed E-state index contributed by atoms with van der Waals surface area (Å²) in [7, 11) is 0. The Morgan fingerprint density at radius 2 is 2.03 bits per heavy atom. The fraction of sp³-hybridized carbons (Fsp3) is 0.357. The first-order valence-electron chi connectivity index (χ1n) is 12.5. The number of amidine groups is 1. The average Bonchev–Trinajstić information content (AvgIpc) is 3.52. The van der Waals surface area contributed by atoms with E-state index in [0.717, 1.165) is 53.8 Å². The predicted octanol–water partition coefficient (Wildman–Crippen LogP) is 4.49. The van der Waals surface area contributed by atoms with E-state index in [2.05, 4.69) is 51.9 Å². The van der Waals surface area contributed by atoms with E-state index < -0.39 is 0 Å². The first kappa shape index (κ1) is 21.4. The van der Waals surface area contributed by atoms with Crippen LogP contribution in [0.2, 0.25) is 0 Å². The number of nitrogens with zero attached hydrogens (tertiary/aromatic N) is 6. The van der Waals surface area contributed by atoms with Crippen molar-refractivity contribution in [3.8, 4) is 0 Å².